The Hall–Kier alpha value is -1.95. The number of hydrogen-bond donors (Lipinski definition) is 2. The number of nitrogens with one attached hydrogen (secondary N) is 1. The summed E-state index contributed by atoms with van der Waals surface area (Å²) in [7, 11) is 0. The first-order valence-corrected chi connectivity index (χ1v) is 6.03. The summed E-state index contributed by atoms with van der Waals surface area (Å²) in [5, 5.41) is 7.14. The van der Waals surface area contributed by atoms with Crippen molar-refractivity contribution in [2.24, 2.45) is 5.73 Å². The Bertz CT molecular complexity index is 606. The third-order valence-electron chi connectivity index (χ3n) is 2.34. The number of rotatable bonds is 3. The summed E-state index contributed by atoms with van der Waals surface area (Å²) in [6.07, 6.45) is 0. The fraction of sp³-hybridized carbons (Fsp3) is 0. The Morgan fingerprint density at radius 1 is 1.11 bits per heavy atom. The lowest BCUT2D eigenvalue weighted by molar-refractivity contribution is 0.407. The molecule has 2 aromatic carbocycles. The zero-order chi connectivity index (χ0) is 14.0. The maximum atomic E-state index is 13.7. The van der Waals surface area contributed by atoms with Gasteiger partial charge in [0.15, 0.2) is 17.4 Å². The number of hydrogen-bond acceptors (Lipinski definition) is 2. The van der Waals surface area contributed by atoms with Crippen molar-refractivity contribution < 1.29 is 13.5 Å². The first kappa shape index (κ1) is 13.5. The predicted molar refractivity (Wildman–Crippen MR) is 71.6 cm³/mol. The topological polar surface area (TPSA) is 59.1 Å². The van der Waals surface area contributed by atoms with E-state index in [1.807, 2.05) is 0 Å². The molecule has 0 bridgehead atoms. The van der Waals surface area contributed by atoms with E-state index in [4.69, 9.17) is 15.9 Å². The van der Waals surface area contributed by atoms with Crippen molar-refractivity contribution in [2.45, 2.75) is 0 Å². The zero-order valence-corrected chi connectivity index (χ0v) is 11.2. The fourth-order valence-corrected chi connectivity index (χ4v) is 1.70. The normalized spacial score (nSPS) is 10.3. The van der Waals surface area contributed by atoms with Gasteiger partial charge in [-0.15, -0.1) is 0 Å². The molecule has 2 rings (SSSR count). The van der Waals surface area contributed by atoms with Gasteiger partial charge >= 0.3 is 0 Å². The lowest BCUT2D eigenvalue weighted by Crippen LogP contribution is -2.12. The highest BCUT2D eigenvalue weighted by Crippen LogP contribution is 2.29. The molecule has 0 spiro atoms. The lowest BCUT2D eigenvalue weighted by atomic mass is 10.2. The van der Waals surface area contributed by atoms with Crippen LogP contribution in [0.15, 0.2) is 40.9 Å². The van der Waals surface area contributed by atoms with Crippen LogP contribution < -0.4 is 10.5 Å². The molecule has 3 N–H and O–H groups in total. The van der Waals surface area contributed by atoms with E-state index >= 15 is 0 Å². The van der Waals surface area contributed by atoms with E-state index in [1.54, 1.807) is 24.3 Å². The second-order valence-corrected chi connectivity index (χ2v) is 4.65. The molecule has 98 valence electrons. The lowest BCUT2D eigenvalue weighted by Gasteiger charge is -2.09. The smallest absolute Gasteiger partial charge is 0.198 e. The standard InChI is InChI=1S/C13H9BrF2N2O/c14-8-1-3-9(4-2-8)19-12-10(15)5-7(13(17)18)6-11(12)16/h1-6H,(H3,17,18). The van der Waals surface area contributed by atoms with E-state index in [2.05, 4.69) is 15.9 Å². The molecule has 0 aliphatic carbocycles. The van der Waals surface area contributed by atoms with Crippen LogP contribution >= 0.6 is 15.9 Å². The zero-order valence-electron chi connectivity index (χ0n) is 9.58. The van der Waals surface area contributed by atoms with Crippen molar-refractivity contribution in [3.8, 4) is 11.5 Å². The largest absolute Gasteiger partial charge is 0.451 e. The van der Waals surface area contributed by atoms with Gasteiger partial charge in [-0.1, -0.05) is 15.9 Å². The van der Waals surface area contributed by atoms with E-state index in [0.29, 0.717) is 5.75 Å². The molecule has 0 saturated carbocycles. The summed E-state index contributed by atoms with van der Waals surface area (Å²) in [6, 6.07) is 8.44. The molecule has 2 aromatic rings. The maximum absolute atomic E-state index is 13.7. The van der Waals surface area contributed by atoms with Crippen LogP contribution in [-0.2, 0) is 0 Å². The van der Waals surface area contributed by atoms with Gasteiger partial charge in [-0.05, 0) is 36.4 Å². The van der Waals surface area contributed by atoms with Crippen molar-refractivity contribution >= 4 is 21.8 Å². The number of nitrogen functional groups attached to an aromatic ring is 1. The quantitative estimate of drug-likeness (QED) is 0.665. The Labute approximate surface area is 116 Å². The van der Waals surface area contributed by atoms with Crippen LogP contribution in [0.25, 0.3) is 0 Å². The molecule has 0 fully saturated rings. The van der Waals surface area contributed by atoms with Crippen molar-refractivity contribution in [3.05, 3.63) is 58.1 Å². The van der Waals surface area contributed by atoms with Crippen molar-refractivity contribution in [2.75, 3.05) is 0 Å². The van der Waals surface area contributed by atoms with E-state index in [0.717, 1.165) is 16.6 Å². The summed E-state index contributed by atoms with van der Waals surface area (Å²) in [4.78, 5) is 0. The van der Waals surface area contributed by atoms with Gasteiger partial charge in [0.2, 0.25) is 0 Å². The summed E-state index contributed by atoms with van der Waals surface area (Å²) in [5.74, 6) is -2.45. The average molecular weight is 327 g/mol. The van der Waals surface area contributed by atoms with E-state index in [-0.39, 0.29) is 5.56 Å². The molecule has 0 aliphatic rings. The van der Waals surface area contributed by atoms with E-state index in [9.17, 15) is 8.78 Å². The van der Waals surface area contributed by atoms with E-state index in [1.165, 1.54) is 0 Å². The van der Waals surface area contributed by atoms with Crippen LogP contribution in [0, 0.1) is 17.0 Å². The third-order valence-corrected chi connectivity index (χ3v) is 2.87. The third kappa shape index (κ3) is 3.08. The highest BCUT2D eigenvalue weighted by atomic mass is 79.9. The predicted octanol–water partition coefficient (Wildman–Crippen LogP) is 3.80. The minimum absolute atomic E-state index is 0.0295. The summed E-state index contributed by atoms with van der Waals surface area (Å²) in [6.45, 7) is 0. The number of benzene rings is 2. The van der Waals surface area contributed by atoms with Gasteiger partial charge in [-0.25, -0.2) is 8.78 Å². The second kappa shape index (κ2) is 5.36. The Balaban J connectivity index is 2.35. The molecule has 0 saturated heterocycles. The maximum Gasteiger partial charge on any atom is 0.198 e. The van der Waals surface area contributed by atoms with Gasteiger partial charge in [-0.2, -0.15) is 0 Å². The van der Waals surface area contributed by atoms with Crippen LogP contribution in [0.5, 0.6) is 11.5 Å². The number of amidine groups is 1. The number of halogens is 3. The summed E-state index contributed by atoms with van der Waals surface area (Å²) < 4.78 is 33.4. The molecular weight excluding hydrogens is 318 g/mol. The van der Waals surface area contributed by atoms with Crippen LogP contribution in [0.1, 0.15) is 5.56 Å². The molecule has 0 aromatic heterocycles. The fourth-order valence-electron chi connectivity index (χ4n) is 1.43. The number of ether oxygens (including phenoxy) is 1. The highest BCUT2D eigenvalue weighted by molar-refractivity contribution is 9.10. The Morgan fingerprint density at radius 3 is 2.11 bits per heavy atom. The Morgan fingerprint density at radius 2 is 1.63 bits per heavy atom. The van der Waals surface area contributed by atoms with Gasteiger partial charge in [0.25, 0.3) is 0 Å². The Kier molecular flexibility index (Phi) is 3.80. The van der Waals surface area contributed by atoms with Crippen LogP contribution in [0.2, 0.25) is 0 Å². The highest BCUT2D eigenvalue weighted by Gasteiger charge is 2.14. The molecular formula is C13H9BrF2N2O. The average Bonchev–Trinajstić information content (AvgIpc) is 2.35. The first-order chi connectivity index (χ1) is 8.97. The molecule has 19 heavy (non-hydrogen) atoms. The molecule has 0 radical (unpaired) electrons. The second-order valence-electron chi connectivity index (χ2n) is 3.74. The molecule has 0 heterocycles. The first-order valence-electron chi connectivity index (χ1n) is 5.24. The van der Waals surface area contributed by atoms with Crippen molar-refractivity contribution in [3.63, 3.8) is 0 Å². The molecule has 0 amide bonds. The minimum Gasteiger partial charge on any atom is -0.451 e. The van der Waals surface area contributed by atoms with Gasteiger partial charge in [-0.3, -0.25) is 5.41 Å². The van der Waals surface area contributed by atoms with Crippen LogP contribution in [0.3, 0.4) is 0 Å². The van der Waals surface area contributed by atoms with Gasteiger partial charge in [0.05, 0.1) is 0 Å². The minimum atomic E-state index is -0.909. The van der Waals surface area contributed by atoms with Crippen molar-refractivity contribution in [1.29, 1.82) is 5.41 Å². The summed E-state index contributed by atoms with van der Waals surface area (Å²) in [5.41, 5.74) is 5.15. The van der Waals surface area contributed by atoms with Crippen LogP contribution in [0.4, 0.5) is 8.78 Å². The SMILES string of the molecule is N=C(N)c1cc(F)c(Oc2ccc(Br)cc2)c(F)c1. The molecule has 0 aliphatic heterocycles. The molecule has 6 heteroatoms. The molecule has 0 unspecified atom stereocenters. The van der Waals surface area contributed by atoms with Gasteiger partial charge in [0.1, 0.15) is 11.6 Å². The van der Waals surface area contributed by atoms with E-state index < -0.39 is 23.2 Å². The van der Waals surface area contributed by atoms with Gasteiger partial charge in [0, 0.05) is 10.0 Å². The van der Waals surface area contributed by atoms with Crippen LogP contribution in [-0.4, -0.2) is 5.84 Å². The van der Waals surface area contributed by atoms with Gasteiger partial charge < -0.3 is 10.5 Å². The van der Waals surface area contributed by atoms with Crippen molar-refractivity contribution in [1.82, 2.24) is 0 Å². The molecule has 3 nitrogen and oxygen atoms in total. The summed E-state index contributed by atoms with van der Waals surface area (Å²) >= 11 is 3.24. The number of nitrogens with two attached hydrogens (primary N) is 1. The monoisotopic (exact) mass is 326 g/mol. The molecule has 0 atom stereocenters.